The second-order valence-corrected chi connectivity index (χ2v) is 5.28. The minimum atomic E-state index is -0.279. The van der Waals surface area contributed by atoms with Crippen molar-refractivity contribution in [1.82, 2.24) is 10.3 Å². The van der Waals surface area contributed by atoms with E-state index in [1.807, 2.05) is 6.07 Å². The maximum Gasteiger partial charge on any atom is 0.134 e. The number of hydrogen-bond donors (Lipinski definition) is 2. The molecule has 2 unspecified atom stereocenters. The number of likely N-dealkylation sites (N-methyl/N-ethyl adjacent to an activating group) is 1. The molecule has 0 amide bonds. The summed E-state index contributed by atoms with van der Waals surface area (Å²) in [4.78, 5) is 2.31. The number of halogens is 1. The van der Waals surface area contributed by atoms with Crippen LogP contribution in [0.15, 0.2) is 28.7 Å². The summed E-state index contributed by atoms with van der Waals surface area (Å²) in [7, 11) is 0. The highest BCUT2D eigenvalue weighted by atomic mass is 19.1. The van der Waals surface area contributed by atoms with Gasteiger partial charge in [-0.15, -0.1) is 0 Å². The van der Waals surface area contributed by atoms with E-state index in [4.69, 9.17) is 15.0 Å². The Hall–Kier alpha value is -1.47. The van der Waals surface area contributed by atoms with Gasteiger partial charge in [0.25, 0.3) is 0 Å². The Morgan fingerprint density at radius 3 is 3.10 bits per heavy atom. The number of rotatable bonds is 4. The number of hydrazine groups is 1. The van der Waals surface area contributed by atoms with Gasteiger partial charge in [0.15, 0.2) is 0 Å². The Labute approximate surface area is 122 Å². The SMILES string of the molecule is CCN1CCOC(C(NN)c2cc3cc(F)ccc3o2)C1. The van der Waals surface area contributed by atoms with Gasteiger partial charge in [0.1, 0.15) is 23.2 Å². The predicted molar refractivity (Wildman–Crippen MR) is 78.1 cm³/mol. The number of fused-ring (bicyclic) bond motifs is 1. The molecule has 6 heteroatoms. The number of morpholine rings is 1. The fourth-order valence-electron chi connectivity index (χ4n) is 2.78. The molecule has 2 atom stereocenters. The summed E-state index contributed by atoms with van der Waals surface area (Å²) in [5.74, 6) is 6.08. The number of nitrogens with zero attached hydrogens (tertiary/aromatic N) is 1. The lowest BCUT2D eigenvalue weighted by atomic mass is 10.1. The molecule has 21 heavy (non-hydrogen) atoms. The summed E-state index contributed by atoms with van der Waals surface area (Å²) >= 11 is 0. The minimum Gasteiger partial charge on any atom is -0.459 e. The molecule has 1 fully saturated rings. The van der Waals surface area contributed by atoms with E-state index in [9.17, 15) is 4.39 Å². The van der Waals surface area contributed by atoms with Crippen molar-refractivity contribution < 1.29 is 13.5 Å². The van der Waals surface area contributed by atoms with Gasteiger partial charge in [0, 0.05) is 18.5 Å². The quantitative estimate of drug-likeness (QED) is 0.665. The Morgan fingerprint density at radius 1 is 1.48 bits per heavy atom. The molecule has 3 N–H and O–H groups in total. The van der Waals surface area contributed by atoms with E-state index in [0.717, 1.165) is 25.0 Å². The van der Waals surface area contributed by atoms with Gasteiger partial charge in [-0.1, -0.05) is 6.92 Å². The fourth-order valence-corrected chi connectivity index (χ4v) is 2.78. The molecule has 0 aliphatic carbocycles. The molecule has 1 saturated heterocycles. The number of benzene rings is 1. The van der Waals surface area contributed by atoms with Gasteiger partial charge in [-0.3, -0.25) is 10.7 Å². The summed E-state index contributed by atoms with van der Waals surface area (Å²) in [6, 6.07) is 6.03. The number of hydrogen-bond acceptors (Lipinski definition) is 5. The van der Waals surface area contributed by atoms with Crippen molar-refractivity contribution in [3.8, 4) is 0 Å². The van der Waals surface area contributed by atoms with Crippen molar-refractivity contribution in [1.29, 1.82) is 0 Å². The highest BCUT2D eigenvalue weighted by Gasteiger charge is 2.30. The van der Waals surface area contributed by atoms with Crippen LogP contribution < -0.4 is 11.3 Å². The van der Waals surface area contributed by atoms with Crippen molar-refractivity contribution >= 4 is 11.0 Å². The van der Waals surface area contributed by atoms with Crippen LogP contribution in [0.3, 0.4) is 0 Å². The predicted octanol–water partition coefficient (Wildman–Crippen LogP) is 1.80. The standard InChI is InChI=1S/C15H20FN3O2/c1-2-19-5-6-20-14(9-19)15(18-17)13-8-10-7-11(16)3-4-12(10)21-13/h3-4,7-8,14-15,18H,2,5-6,9,17H2,1H3. The van der Waals surface area contributed by atoms with Crippen molar-refractivity contribution in [2.75, 3.05) is 26.2 Å². The van der Waals surface area contributed by atoms with Gasteiger partial charge in [-0.2, -0.15) is 0 Å². The Kier molecular flexibility index (Phi) is 4.21. The van der Waals surface area contributed by atoms with E-state index >= 15 is 0 Å². The first-order valence-electron chi connectivity index (χ1n) is 7.20. The van der Waals surface area contributed by atoms with E-state index < -0.39 is 0 Å². The molecule has 0 radical (unpaired) electrons. The highest BCUT2D eigenvalue weighted by molar-refractivity contribution is 5.78. The third-order valence-electron chi connectivity index (χ3n) is 3.98. The normalized spacial score (nSPS) is 21.8. The lowest BCUT2D eigenvalue weighted by molar-refractivity contribution is -0.0487. The number of nitrogens with two attached hydrogens (primary N) is 1. The molecular formula is C15H20FN3O2. The highest BCUT2D eigenvalue weighted by Crippen LogP contribution is 2.28. The molecule has 5 nitrogen and oxygen atoms in total. The number of furan rings is 1. The van der Waals surface area contributed by atoms with Crippen LogP contribution in [-0.2, 0) is 4.74 Å². The van der Waals surface area contributed by atoms with Crippen molar-refractivity contribution in [3.05, 3.63) is 35.8 Å². The molecule has 2 aromatic rings. The molecule has 1 aliphatic heterocycles. The van der Waals surface area contributed by atoms with Crippen LogP contribution in [-0.4, -0.2) is 37.2 Å². The first-order valence-corrected chi connectivity index (χ1v) is 7.20. The van der Waals surface area contributed by atoms with Crippen molar-refractivity contribution in [3.63, 3.8) is 0 Å². The zero-order chi connectivity index (χ0) is 14.8. The fraction of sp³-hybridized carbons (Fsp3) is 0.467. The summed E-state index contributed by atoms with van der Waals surface area (Å²) in [6.45, 7) is 5.48. The third kappa shape index (κ3) is 2.94. The van der Waals surface area contributed by atoms with Crippen LogP contribution in [0.25, 0.3) is 11.0 Å². The van der Waals surface area contributed by atoms with E-state index in [1.165, 1.54) is 12.1 Å². The van der Waals surface area contributed by atoms with Crippen LogP contribution in [0.1, 0.15) is 18.7 Å². The molecule has 1 aromatic carbocycles. The maximum atomic E-state index is 13.3. The van der Waals surface area contributed by atoms with Crippen molar-refractivity contribution in [2.45, 2.75) is 19.1 Å². The molecule has 114 valence electrons. The average molecular weight is 293 g/mol. The van der Waals surface area contributed by atoms with Crippen LogP contribution >= 0.6 is 0 Å². The topological polar surface area (TPSA) is 63.7 Å². The largest absolute Gasteiger partial charge is 0.459 e. The zero-order valence-corrected chi connectivity index (χ0v) is 12.0. The molecule has 3 rings (SSSR count). The van der Waals surface area contributed by atoms with Gasteiger partial charge >= 0.3 is 0 Å². The lowest BCUT2D eigenvalue weighted by Gasteiger charge is -2.35. The summed E-state index contributed by atoms with van der Waals surface area (Å²) in [5.41, 5.74) is 3.42. The second kappa shape index (κ2) is 6.11. The van der Waals surface area contributed by atoms with Crippen LogP contribution in [0.5, 0.6) is 0 Å². The van der Waals surface area contributed by atoms with Crippen LogP contribution in [0, 0.1) is 5.82 Å². The smallest absolute Gasteiger partial charge is 0.134 e. The summed E-state index contributed by atoms with van der Waals surface area (Å²) in [6.07, 6.45) is -0.0888. The van der Waals surface area contributed by atoms with Crippen LogP contribution in [0.4, 0.5) is 4.39 Å². The lowest BCUT2D eigenvalue weighted by Crippen LogP contribution is -2.49. The van der Waals surface area contributed by atoms with Crippen molar-refractivity contribution in [2.24, 2.45) is 5.84 Å². The van der Waals surface area contributed by atoms with E-state index in [-0.39, 0.29) is 18.0 Å². The molecule has 0 saturated carbocycles. The van der Waals surface area contributed by atoms with Gasteiger partial charge in [0.05, 0.1) is 12.7 Å². The van der Waals surface area contributed by atoms with Gasteiger partial charge in [-0.05, 0) is 30.8 Å². The number of ether oxygens (including phenoxy) is 1. The van der Waals surface area contributed by atoms with E-state index in [2.05, 4.69) is 17.2 Å². The minimum absolute atomic E-state index is 0.0888. The van der Waals surface area contributed by atoms with Crippen LogP contribution in [0.2, 0.25) is 0 Å². The van der Waals surface area contributed by atoms with Gasteiger partial charge in [0.2, 0.25) is 0 Å². The summed E-state index contributed by atoms with van der Waals surface area (Å²) < 4.78 is 24.9. The molecule has 1 aromatic heterocycles. The van der Waals surface area contributed by atoms with E-state index in [0.29, 0.717) is 18.0 Å². The molecule has 2 heterocycles. The molecular weight excluding hydrogens is 273 g/mol. The monoisotopic (exact) mass is 293 g/mol. The third-order valence-corrected chi connectivity index (χ3v) is 3.98. The first-order chi connectivity index (χ1) is 10.2. The molecule has 0 bridgehead atoms. The zero-order valence-electron chi connectivity index (χ0n) is 12.0. The Balaban J connectivity index is 1.87. The summed E-state index contributed by atoms with van der Waals surface area (Å²) in [5, 5.41) is 0.730. The second-order valence-electron chi connectivity index (χ2n) is 5.28. The Bertz CT molecular complexity index is 616. The number of nitrogens with one attached hydrogen (secondary N) is 1. The Morgan fingerprint density at radius 2 is 2.33 bits per heavy atom. The van der Waals surface area contributed by atoms with Gasteiger partial charge in [-0.25, -0.2) is 9.82 Å². The first kappa shape index (κ1) is 14.5. The van der Waals surface area contributed by atoms with E-state index in [1.54, 1.807) is 6.07 Å². The maximum absolute atomic E-state index is 13.3. The average Bonchev–Trinajstić information content (AvgIpc) is 2.91. The van der Waals surface area contributed by atoms with Gasteiger partial charge < -0.3 is 9.15 Å². The molecule has 1 aliphatic rings. The molecule has 0 spiro atoms.